The van der Waals surface area contributed by atoms with Crippen LogP contribution < -0.4 is 21.6 Å². The summed E-state index contributed by atoms with van der Waals surface area (Å²) < 4.78 is 31.9. The number of aliphatic hydroxyl groups excluding tert-OH is 1. The first kappa shape index (κ1) is 17.7. The van der Waals surface area contributed by atoms with E-state index in [4.69, 9.17) is 5.84 Å². The van der Waals surface area contributed by atoms with Crippen molar-refractivity contribution in [3.63, 3.8) is 0 Å². The molecule has 1 atom stereocenters. The van der Waals surface area contributed by atoms with Crippen LogP contribution in [0.4, 0.5) is 20.2 Å². The molecule has 1 aliphatic heterocycles. The van der Waals surface area contributed by atoms with Crippen LogP contribution in [0.25, 0.3) is 10.9 Å². The van der Waals surface area contributed by atoms with E-state index in [0.29, 0.717) is 19.3 Å². The number of fused-ring (bicyclic) bond motifs is 1. The normalized spacial score (nSPS) is 19.7. The average molecular weight is 380 g/mol. The van der Waals surface area contributed by atoms with Gasteiger partial charge in [0.25, 0.3) is 0 Å². The quantitative estimate of drug-likeness (QED) is 0.464. The fraction of sp³-hybridized carbons (Fsp3) is 0.412. The second kappa shape index (κ2) is 6.17. The zero-order valence-electron chi connectivity index (χ0n) is 14.2. The van der Waals surface area contributed by atoms with E-state index in [0.717, 1.165) is 6.20 Å². The summed E-state index contributed by atoms with van der Waals surface area (Å²) >= 11 is 0. The highest BCUT2D eigenvalue weighted by molar-refractivity contribution is 6.00. The van der Waals surface area contributed by atoms with Crippen LogP contribution in [0.1, 0.15) is 35.7 Å². The van der Waals surface area contributed by atoms with E-state index in [-0.39, 0.29) is 30.3 Å². The number of nitrogen functional groups attached to an aromatic ring is 1. The number of carbonyl (C=O) groups is 1. The van der Waals surface area contributed by atoms with Crippen LogP contribution in [0, 0.1) is 11.6 Å². The van der Waals surface area contributed by atoms with Gasteiger partial charge in [-0.3, -0.25) is 10.6 Å². The number of nitrogens with one attached hydrogen (secondary N) is 1. The number of carboxylic acids is 1. The zero-order chi connectivity index (χ0) is 19.5. The Bertz CT molecular complexity index is 1020. The van der Waals surface area contributed by atoms with Crippen LogP contribution in [-0.2, 0) is 0 Å². The van der Waals surface area contributed by atoms with Gasteiger partial charge in [-0.05, 0) is 19.3 Å². The van der Waals surface area contributed by atoms with Crippen molar-refractivity contribution in [2.75, 3.05) is 23.4 Å². The van der Waals surface area contributed by atoms with Crippen LogP contribution in [0.5, 0.6) is 0 Å². The van der Waals surface area contributed by atoms with Gasteiger partial charge in [0.1, 0.15) is 16.9 Å². The maximum atomic E-state index is 15.4. The first-order valence-corrected chi connectivity index (χ1v) is 8.57. The second-order valence-electron chi connectivity index (χ2n) is 6.92. The summed E-state index contributed by atoms with van der Waals surface area (Å²) in [6.07, 6.45) is 2.13. The first-order valence-electron chi connectivity index (χ1n) is 8.57. The Labute approximate surface area is 151 Å². The molecular weight excluding hydrogens is 362 g/mol. The summed E-state index contributed by atoms with van der Waals surface area (Å²) in [4.78, 5) is 25.5. The Kier molecular flexibility index (Phi) is 4.04. The Morgan fingerprint density at radius 1 is 1.26 bits per heavy atom. The van der Waals surface area contributed by atoms with Crippen molar-refractivity contribution >= 4 is 28.2 Å². The van der Waals surface area contributed by atoms with E-state index in [9.17, 15) is 19.8 Å². The third-order valence-corrected chi connectivity index (χ3v) is 5.12. The predicted octanol–water partition coefficient (Wildman–Crippen LogP) is 1.17. The van der Waals surface area contributed by atoms with E-state index in [1.807, 2.05) is 0 Å². The average Bonchev–Trinajstić information content (AvgIpc) is 3.37. The molecule has 0 radical (unpaired) electrons. The highest BCUT2D eigenvalue weighted by atomic mass is 19.1. The molecule has 2 aromatic rings. The van der Waals surface area contributed by atoms with Gasteiger partial charge in [0.05, 0.1) is 17.0 Å². The number of hydrogen-bond donors (Lipinski definition) is 4. The number of pyridine rings is 1. The number of β-amino-alcohol motifs (C(OH)–C–C–N with tert-alkyl or cyclic N) is 1. The molecule has 1 unspecified atom stereocenters. The number of aromatic carboxylic acids is 1. The minimum Gasteiger partial charge on any atom is -0.477 e. The molecule has 4 rings (SSSR count). The largest absolute Gasteiger partial charge is 0.477 e. The van der Waals surface area contributed by atoms with Crippen molar-refractivity contribution in [3.05, 3.63) is 33.6 Å². The molecule has 0 spiro atoms. The zero-order valence-corrected chi connectivity index (χ0v) is 14.2. The lowest BCUT2D eigenvalue weighted by Crippen LogP contribution is -2.27. The number of nitrogens with two attached hydrogens (primary N) is 1. The third kappa shape index (κ3) is 2.63. The number of nitrogens with zero attached hydrogens (tertiary/aromatic N) is 2. The molecule has 2 fully saturated rings. The summed E-state index contributed by atoms with van der Waals surface area (Å²) in [5, 5.41) is 18.6. The van der Waals surface area contributed by atoms with Crippen molar-refractivity contribution in [1.82, 2.24) is 4.57 Å². The minimum atomic E-state index is -1.48. The minimum absolute atomic E-state index is 0.0459. The molecule has 2 aliphatic rings. The second-order valence-corrected chi connectivity index (χ2v) is 6.92. The van der Waals surface area contributed by atoms with E-state index >= 15 is 8.78 Å². The molecule has 1 aromatic heterocycles. The Morgan fingerprint density at radius 3 is 2.48 bits per heavy atom. The van der Waals surface area contributed by atoms with Gasteiger partial charge in [-0.1, -0.05) is 0 Å². The SMILES string of the molecule is NNc1c(F)c(N2CCC(O)C2)c(F)c2c1c(=O)c(C(=O)O)cn2C1CC1. The van der Waals surface area contributed by atoms with Crippen LogP contribution in [0.2, 0.25) is 0 Å². The van der Waals surface area contributed by atoms with E-state index < -0.39 is 45.8 Å². The van der Waals surface area contributed by atoms with Crippen molar-refractivity contribution in [2.24, 2.45) is 5.84 Å². The third-order valence-electron chi connectivity index (χ3n) is 5.12. The van der Waals surface area contributed by atoms with E-state index in [1.54, 1.807) is 0 Å². The Balaban J connectivity index is 2.12. The number of benzene rings is 1. The Hall–Kier alpha value is -2.72. The molecule has 0 bridgehead atoms. The smallest absolute Gasteiger partial charge is 0.341 e. The summed E-state index contributed by atoms with van der Waals surface area (Å²) in [7, 11) is 0. The lowest BCUT2D eigenvalue weighted by Gasteiger charge is -2.24. The number of anilines is 2. The van der Waals surface area contributed by atoms with Crippen molar-refractivity contribution < 1.29 is 23.8 Å². The van der Waals surface area contributed by atoms with Gasteiger partial charge >= 0.3 is 5.97 Å². The number of aromatic nitrogens is 1. The number of hydrogen-bond acceptors (Lipinski definition) is 6. The highest BCUT2D eigenvalue weighted by Gasteiger charge is 2.34. The van der Waals surface area contributed by atoms with Crippen LogP contribution in [0.3, 0.4) is 0 Å². The van der Waals surface area contributed by atoms with Gasteiger partial charge in [0.2, 0.25) is 5.43 Å². The monoisotopic (exact) mass is 380 g/mol. The molecular formula is C17H18F2N4O4. The van der Waals surface area contributed by atoms with E-state index in [1.165, 1.54) is 9.47 Å². The molecule has 2 heterocycles. The van der Waals surface area contributed by atoms with Gasteiger partial charge < -0.3 is 25.1 Å². The first-order chi connectivity index (χ1) is 12.8. The van der Waals surface area contributed by atoms with E-state index in [2.05, 4.69) is 5.43 Å². The lowest BCUT2D eigenvalue weighted by atomic mass is 10.1. The maximum Gasteiger partial charge on any atom is 0.341 e. The Morgan fingerprint density at radius 2 is 1.96 bits per heavy atom. The van der Waals surface area contributed by atoms with Gasteiger partial charge in [0, 0.05) is 25.3 Å². The fourth-order valence-electron chi connectivity index (χ4n) is 3.68. The standard InChI is InChI=1S/C17H18F2N4O4/c18-11-13(21-20)10-14(12(19)15(11)22-4-3-8(24)5-22)23(7-1-2-7)6-9(16(10)25)17(26)27/h6-8,21,24H,1-5,20H2,(H,26,27). The molecule has 144 valence electrons. The summed E-state index contributed by atoms with van der Waals surface area (Å²) in [5.74, 6) is 1.90. The number of aliphatic hydroxyl groups is 1. The predicted molar refractivity (Wildman–Crippen MR) is 94.0 cm³/mol. The summed E-state index contributed by atoms with van der Waals surface area (Å²) in [5.41, 5.74) is -0.505. The molecule has 1 aliphatic carbocycles. The molecule has 8 nitrogen and oxygen atoms in total. The van der Waals surface area contributed by atoms with Gasteiger partial charge in [-0.25, -0.2) is 13.6 Å². The molecule has 5 N–H and O–H groups in total. The van der Waals surface area contributed by atoms with Crippen molar-refractivity contribution in [2.45, 2.75) is 31.4 Å². The van der Waals surface area contributed by atoms with Gasteiger partial charge in [-0.15, -0.1) is 0 Å². The molecule has 27 heavy (non-hydrogen) atoms. The topological polar surface area (TPSA) is 121 Å². The van der Waals surface area contributed by atoms with Crippen molar-refractivity contribution in [1.29, 1.82) is 0 Å². The molecule has 1 saturated heterocycles. The van der Waals surface area contributed by atoms with Crippen LogP contribution in [0.15, 0.2) is 11.0 Å². The number of hydrazine groups is 1. The molecule has 1 saturated carbocycles. The summed E-state index contributed by atoms with van der Waals surface area (Å²) in [6, 6.07) is -0.172. The molecule has 1 aromatic carbocycles. The number of carboxylic acid groups (broad SMARTS) is 1. The summed E-state index contributed by atoms with van der Waals surface area (Å²) in [6.45, 7) is 0.287. The van der Waals surface area contributed by atoms with Crippen molar-refractivity contribution in [3.8, 4) is 0 Å². The highest BCUT2D eigenvalue weighted by Crippen LogP contribution is 2.42. The van der Waals surface area contributed by atoms with Gasteiger partial charge in [0.15, 0.2) is 11.6 Å². The van der Waals surface area contributed by atoms with Crippen LogP contribution in [-0.4, -0.2) is 39.9 Å². The number of halogens is 2. The maximum absolute atomic E-state index is 15.4. The number of rotatable bonds is 4. The van der Waals surface area contributed by atoms with Crippen LogP contribution >= 0.6 is 0 Å². The van der Waals surface area contributed by atoms with Gasteiger partial charge in [-0.2, -0.15) is 0 Å². The molecule has 0 amide bonds. The fourth-order valence-corrected chi connectivity index (χ4v) is 3.68. The lowest BCUT2D eigenvalue weighted by molar-refractivity contribution is 0.0694. The molecule has 10 heteroatoms.